The lowest BCUT2D eigenvalue weighted by Gasteiger charge is -2.33. The van der Waals surface area contributed by atoms with Crippen LogP contribution in [0.25, 0.3) is 0 Å². The predicted molar refractivity (Wildman–Crippen MR) is 63.1 cm³/mol. The molecule has 2 aliphatic rings. The van der Waals surface area contributed by atoms with Crippen molar-refractivity contribution in [3.63, 3.8) is 0 Å². The van der Waals surface area contributed by atoms with Gasteiger partial charge in [-0.15, -0.1) is 0 Å². The molecule has 0 bridgehead atoms. The quantitative estimate of drug-likeness (QED) is 0.824. The van der Waals surface area contributed by atoms with Crippen molar-refractivity contribution in [2.75, 3.05) is 18.8 Å². The number of hydrogen-bond acceptors (Lipinski definition) is 3. The van der Waals surface area contributed by atoms with Gasteiger partial charge in [0.2, 0.25) is 10.0 Å². The van der Waals surface area contributed by atoms with Gasteiger partial charge in [-0.2, -0.15) is 0 Å². The Kier molecular flexibility index (Phi) is 3.45. The first-order valence-corrected chi connectivity index (χ1v) is 7.78. The third kappa shape index (κ3) is 2.47. The minimum Gasteiger partial charge on any atom is -0.481 e. The Morgan fingerprint density at radius 2 is 1.82 bits per heavy atom. The second-order valence-corrected chi connectivity index (χ2v) is 7.24. The molecule has 6 heteroatoms. The maximum atomic E-state index is 11.9. The minimum absolute atomic E-state index is 0.169. The fourth-order valence-electron chi connectivity index (χ4n) is 2.85. The highest BCUT2D eigenvalue weighted by molar-refractivity contribution is 7.89. The van der Waals surface area contributed by atoms with E-state index in [0.29, 0.717) is 25.8 Å². The molecule has 17 heavy (non-hydrogen) atoms. The molecule has 0 unspecified atom stereocenters. The first-order chi connectivity index (χ1) is 7.96. The first kappa shape index (κ1) is 12.8. The fraction of sp³-hybridized carbons (Fsp3) is 0.909. The lowest BCUT2D eigenvalue weighted by Crippen LogP contribution is -2.47. The molecule has 0 aromatic carbocycles. The highest BCUT2D eigenvalue weighted by Crippen LogP contribution is 2.40. The number of rotatable bonds is 3. The van der Waals surface area contributed by atoms with Crippen molar-refractivity contribution in [1.29, 1.82) is 0 Å². The zero-order chi connectivity index (χ0) is 12.5. The maximum absolute atomic E-state index is 11.9. The van der Waals surface area contributed by atoms with Crippen LogP contribution in [0.3, 0.4) is 0 Å². The van der Waals surface area contributed by atoms with E-state index in [1.807, 2.05) is 0 Å². The number of carboxylic acids is 1. The molecule has 0 aromatic rings. The third-order valence-corrected chi connectivity index (χ3v) is 5.85. The van der Waals surface area contributed by atoms with Gasteiger partial charge in [0.15, 0.2) is 0 Å². The number of hydrogen-bond donors (Lipinski definition) is 1. The van der Waals surface area contributed by atoms with Gasteiger partial charge in [-0.1, -0.05) is 12.8 Å². The van der Waals surface area contributed by atoms with Gasteiger partial charge in [0.25, 0.3) is 0 Å². The lowest BCUT2D eigenvalue weighted by molar-refractivity contribution is -0.149. The molecule has 1 saturated carbocycles. The topological polar surface area (TPSA) is 74.7 Å². The Bertz CT molecular complexity index is 398. The molecular formula is C11H19NO4S. The van der Waals surface area contributed by atoms with E-state index in [2.05, 4.69) is 0 Å². The molecule has 1 N–H and O–H groups in total. The Balaban J connectivity index is 2.15. The van der Waals surface area contributed by atoms with Crippen molar-refractivity contribution in [3.05, 3.63) is 0 Å². The first-order valence-electron chi connectivity index (χ1n) is 6.18. The van der Waals surface area contributed by atoms with Gasteiger partial charge in [-0.25, -0.2) is 12.7 Å². The van der Waals surface area contributed by atoms with Gasteiger partial charge < -0.3 is 5.11 Å². The van der Waals surface area contributed by atoms with Crippen molar-refractivity contribution in [2.24, 2.45) is 5.41 Å². The van der Waals surface area contributed by atoms with Crippen LogP contribution in [0.1, 0.15) is 38.5 Å². The second kappa shape index (κ2) is 4.57. The van der Waals surface area contributed by atoms with E-state index in [4.69, 9.17) is 0 Å². The summed E-state index contributed by atoms with van der Waals surface area (Å²) in [4.78, 5) is 11.4. The predicted octanol–water partition coefficient (Wildman–Crippen LogP) is 1.06. The average Bonchev–Trinajstić information content (AvgIpc) is 2.71. The van der Waals surface area contributed by atoms with Crippen LogP contribution in [0.4, 0.5) is 0 Å². The molecule has 2 rings (SSSR count). The molecule has 0 aromatic heterocycles. The van der Waals surface area contributed by atoms with Crippen LogP contribution >= 0.6 is 0 Å². The van der Waals surface area contributed by atoms with E-state index >= 15 is 0 Å². The van der Waals surface area contributed by atoms with Crippen LogP contribution in [-0.2, 0) is 14.8 Å². The van der Waals surface area contributed by atoms with Crippen molar-refractivity contribution in [2.45, 2.75) is 38.5 Å². The van der Waals surface area contributed by atoms with Gasteiger partial charge in [0.05, 0.1) is 11.2 Å². The summed E-state index contributed by atoms with van der Waals surface area (Å²) in [5.41, 5.74) is -0.829. The molecule has 1 saturated heterocycles. The van der Waals surface area contributed by atoms with Gasteiger partial charge in [0.1, 0.15) is 0 Å². The SMILES string of the molecule is O=C(O)C1(CN2CCCCS2(=O)=O)CCCC1. The number of aliphatic carboxylic acids is 1. The number of carbonyl (C=O) groups is 1. The normalized spacial score (nSPS) is 28.0. The third-order valence-electron chi connectivity index (χ3n) is 3.95. The fourth-order valence-corrected chi connectivity index (χ4v) is 4.53. The Hall–Kier alpha value is -0.620. The largest absolute Gasteiger partial charge is 0.481 e. The number of carboxylic acid groups (broad SMARTS) is 1. The van der Waals surface area contributed by atoms with Crippen LogP contribution in [0.15, 0.2) is 0 Å². The van der Waals surface area contributed by atoms with Crippen LogP contribution in [0.2, 0.25) is 0 Å². The van der Waals surface area contributed by atoms with E-state index in [9.17, 15) is 18.3 Å². The van der Waals surface area contributed by atoms with Gasteiger partial charge in [-0.3, -0.25) is 4.79 Å². The Morgan fingerprint density at radius 1 is 1.18 bits per heavy atom. The molecule has 2 fully saturated rings. The Labute approximate surface area is 102 Å². The highest BCUT2D eigenvalue weighted by atomic mass is 32.2. The van der Waals surface area contributed by atoms with Crippen LogP contribution < -0.4 is 0 Å². The number of nitrogens with zero attached hydrogens (tertiary/aromatic N) is 1. The van der Waals surface area contributed by atoms with Crippen molar-refractivity contribution >= 4 is 16.0 Å². The molecule has 1 aliphatic heterocycles. The molecule has 0 amide bonds. The zero-order valence-corrected chi connectivity index (χ0v) is 10.7. The van der Waals surface area contributed by atoms with Crippen molar-refractivity contribution in [3.8, 4) is 0 Å². The standard InChI is InChI=1S/C11H19NO4S/c13-10(14)11(5-1-2-6-11)9-12-7-3-4-8-17(12,15)16/h1-9H2,(H,13,14). The molecule has 5 nitrogen and oxygen atoms in total. The highest BCUT2D eigenvalue weighted by Gasteiger charge is 2.45. The van der Waals surface area contributed by atoms with E-state index < -0.39 is 21.4 Å². The summed E-state index contributed by atoms with van der Waals surface area (Å²) >= 11 is 0. The van der Waals surface area contributed by atoms with Crippen LogP contribution in [0.5, 0.6) is 0 Å². The molecular weight excluding hydrogens is 242 g/mol. The molecule has 0 atom stereocenters. The van der Waals surface area contributed by atoms with Crippen molar-refractivity contribution < 1.29 is 18.3 Å². The summed E-state index contributed by atoms with van der Waals surface area (Å²) in [6.45, 7) is 0.655. The van der Waals surface area contributed by atoms with E-state index in [1.165, 1.54) is 4.31 Å². The van der Waals surface area contributed by atoms with Crippen LogP contribution in [0, 0.1) is 5.41 Å². The Morgan fingerprint density at radius 3 is 2.35 bits per heavy atom. The smallest absolute Gasteiger partial charge is 0.310 e. The molecule has 98 valence electrons. The summed E-state index contributed by atoms with van der Waals surface area (Å²) < 4.78 is 25.1. The van der Waals surface area contributed by atoms with E-state index in [-0.39, 0.29) is 12.3 Å². The van der Waals surface area contributed by atoms with Gasteiger partial charge in [0, 0.05) is 13.1 Å². The average molecular weight is 261 g/mol. The van der Waals surface area contributed by atoms with Gasteiger partial charge in [-0.05, 0) is 25.7 Å². The van der Waals surface area contributed by atoms with Crippen molar-refractivity contribution in [1.82, 2.24) is 4.31 Å². The van der Waals surface area contributed by atoms with Crippen LogP contribution in [-0.4, -0.2) is 42.6 Å². The summed E-state index contributed by atoms with van der Waals surface area (Å²) in [6, 6.07) is 0. The summed E-state index contributed by atoms with van der Waals surface area (Å²) in [7, 11) is -3.21. The van der Waals surface area contributed by atoms with E-state index in [1.54, 1.807) is 0 Å². The molecule has 0 radical (unpaired) electrons. The summed E-state index contributed by atoms with van der Waals surface area (Å²) in [5, 5.41) is 9.34. The molecule has 0 spiro atoms. The van der Waals surface area contributed by atoms with E-state index in [0.717, 1.165) is 19.3 Å². The summed E-state index contributed by atoms with van der Waals surface area (Å²) in [6.07, 6.45) is 4.52. The minimum atomic E-state index is -3.21. The lowest BCUT2D eigenvalue weighted by atomic mass is 9.86. The molecule has 1 aliphatic carbocycles. The monoisotopic (exact) mass is 261 g/mol. The molecule has 1 heterocycles. The number of sulfonamides is 1. The van der Waals surface area contributed by atoms with Gasteiger partial charge >= 0.3 is 5.97 Å². The second-order valence-electron chi connectivity index (χ2n) is 5.15. The zero-order valence-electron chi connectivity index (χ0n) is 9.89. The maximum Gasteiger partial charge on any atom is 0.310 e. The summed E-state index contributed by atoms with van der Waals surface area (Å²) in [5.74, 6) is -0.668.